The number of halogens is 1. The SMILES string of the molecule is CCc1ccc(-c2nnc(SCC(=O)Nc3ccc(Br)c(C)n3)[nH]2)cc1. The van der Waals surface area contributed by atoms with E-state index in [1.54, 1.807) is 6.07 Å². The van der Waals surface area contributed by atoms with E-state index in [4.69, 9.17) is 0 Å². The van der Waals surface area contributed by atoms with Crippen LogP contribution in [0, 0.1) is 6.92 Å². The standard InChI is InChI=1S/C18H18BrN5OS/c1-3-12-4-6-13(7-5-12)17-22-18(24-23-17)26-10-16(25)21-15-9-8-14(19)11(2)20-15/h4-9H,3,10H2,1-2H3,(H,20,21,25)(H,22,23,24). The van der Waals surface area contributed by atoms with Gasteiger partial charge in [0.2, 0.25) is 5.91 Å². The Morgan fingerprint density at radius 3 is 2.65 bits per heavy atom. The minimum atomic E-state index is -0.144. The van der Waals surface area contributed by atoms with Crippen molar-refractivity contribution < 1.29 is 4.79 Å². The van der Waals surface area contributed by atoms with E-state index in [1.807, 2.05) is 25.1 Å². The maximum Gasteiger partial charge on any atom is 0.236 e. The molecule has 26 heavy (non-hydrogen) atoms. The van der Waals surface area contributed by atoms with E-state index in [2.05, 4.69) is 60.5 Å². The summed E-state index contributed by atoms with van der Waals surface area (Å²) in [6.45, 7) is 3.99. The zero-order valence-electron chi connectivity index (χ0n) is 14.4. The molecule has 0 atom stereocenters. The number of nitrogens with one attached hydrogen (secondary N) is 2. The van der Waals surface area contributed by atoms with Crippen LogP contribution in [0.3, 0.4) is 0 Å². The van der Waals surface area contributed by atoms with Gasteiger partial charge in [0, 0.05) is 10.0 Å². The number of pyridine rings is 1. The zero-order valence-corrected chi connectivity index (χ0v) is 16.8. The van der Waals surface area contributed by atoms with Crippen molar-refractivity contribution in [1.82, 2.24) is 20.2 Å². The number of aromatic nitrogens is 4. The third-order valence-electron chi connectivity index (χ3n) is 3.73. The van der Waals surface area contributed by atoms with Gasteiger partial charge < -0.3 is 10.3 Å². The molecule has 0 fully saturated rings. The molecule has 3 rings (SSSR count). The minimum absolute atomic E-state index is 0.144. The fourth-order valence-electron chi connectivity index (χ4n) is 2.27. The first-order chi connectivity index (χ1) is 12.5. The number of rotatable bonds is 6. The Kier molecular flexibility index (Phi) is 6.05. The van der Waals surface area contributed by atoms with Gasteiger partial charge in [-0.3, -0.25) is 4.79 Å². The highest BCUT2D eigenvalue weighted by Crippen LogP contribution is 2.20. The Morgan fingerprint density at radius 2 is 1.96 bits per heavy atom. The Hall–Kier alpha value is -2.19. The lowest BCUT2D eigenvalue weighted by atomic mass is 10.1. The second kappa shape index (κ2) is 8.46. The molecule has 2 heterocycles. The van der Waals surface area contributed by atoms with Crippen LogP contribution in [0.2, 0.25) is 0 Å². The Morgan fingerprint density at radius 1 is 1.19 bits per heavy atom. The highest BCUT2D eigenvalue weighted by atomic mass is 79.9. The molecule has 1 aromatic carbocycles. The smallest absolute Gasteiger partial charge is 0.236 e. The summed E-state index contributed by atoms with van der Waals surface area (Å²) in [6, 6.07) is 11.8. The molecule has 1 amide bonds. The highest BCUT2D eigenvalue weighted by Gasteiger charge is 2.10. The van der Waals surface area contributed by atoms with Gasteiger partial charge in [-0.05, 0) is 47.0 Å². The van der Waals surface area contributed by atoms with Gasteiger partial charge in [0.25, 0.3) is 0 Å². The fourth-order valence-corrected chi connectivity index (χ4v) is 3.09. The van der Waals surface area contributed by atoms with Crippen molar-refractivity contribution in [1.29, 1.82) is 0 Å². The van der Waals surface area contributed by atoms with Crippen LogP contribution in [0.4, 0.5) is 5.82 Å². The Balaban J connectivity index is 1.56. The van der Waals surface area contributed by atoms with Crippen LogP contribution in [0.25, 0.3) is 11.4 Å². The van der Waals surface area contributed by atoms with Gasteiger partial charge in [0.05, 0.1) is 11.4 Å². The van der Waals surface area contributed by atoms with Gasteiger partial charge in [-0.15, -0.1) is 10.2 Å². The molecule has 0 unspecified atom stereocenters. The summed E-state index contributed by atoms with van der Waals surface area (Å²) in [7, 11) is 0. The van der Waals surface area contributed by atoms with Crippen LogP contribution in [0.1, 0.15) is 18.2 Å². The maximum absolute atomic E-state index is 12.1. The summed E-state index contributed by atoms with van der Waals surface area (Å²) in [5.41, 5.74) is 3.07. The molecule has 0 aliphatic heterocycles. The number of aryl methyl sites for hydroxylation is 2. The Bertz CT molecular complexity index is 910. The van der Waals surface area contributed by atoms with Crippen molar-refractivity contribution in [2.45, 2.75) is 25.4 Å². The molecule has 2 aromatic heterocycles. The largest absolute Gasteiger partial charge is 0.316 e. The van der Waals surface area contributed by atoms with Gasteiger partial charge in [0.1, 0.15) is 5.82 Å². The first-order valence-electron chi connectivity index (χ1n) is 8.13. The second-order valence-corrected chi connectivity index (χ2v) is 7.45. The lowest BCUT2D eigenvalue weighted by Crippen LogP contribution is -2.15. The molecule has 0 aliphatic rings. The van der Waals surface area contributed by atoms with Crippen molar-refractivity contribution in [3.8, 4) is 11.4 Å². The van der Waals surface area contributed by atoms with E-state index >= 15 is 0 Å². The van der Waals surface area contributed by atoms with Gasteiger partial charge >= 0.3 is 0 Å². The van der Waals surface area contributed by atoms with Crippen molar-refractivity contribution in [2.75, 3.05) is 11.1 Å². The van der Waals surface area contributed by atoms with Crippen LogP contribution >= 0.6 is 27.7 Å². The first kappa shape index (κ1) is 18.6. The monoisotopic (exact) mass is 431 g/mol. The number of anilines is 1. The molecule has 134 valence electrons. The number of H-pyrrole nitrogens is 1. The van der Waals surface area contributed by atoms with Crippen LogP contribution in [0.15, 0.2) is 46.0 Å². The number of benzene rings is 1. The van der Waals surface area contributed by atoms with Crippen molar-refractivity contribution in [3.05, 3.63) is 52.1 Å². The summed E-state index contributed by atoms with van der Waals surface area (Å²) >= 11 is 4.69. The highest BCUT2D eigenvalue weighted by molar-refractivity contribution is 9.10. The predicted molar refractivity (Wildman–Crippen MR) is 107 cm³/mol. The molecule has 0 bridgehead atoms. The molecule has 0 spiro atoms. The van der Waals surface area contributed by atoms with E-state index in [0.717, 1.165) is 22.2 Å². The van der Waals surface area contributed by atoms with Crippen LogP contribution in [0.5, 0.6) is 0 Å². The Labute approximate surface area is 164 Å². The molecule has 2 N–H and O–H groups in total. The molecular weight excluding hydrogens is 414 g/mol. The third kappa shape index (κ3) is 4.70. The lowest BCUT2D eigenvalue weighted by Gasteiger charge is -2.05. The van der Waals surface area contributed by atoms with E-state index in [1.165, 1.54) is 17.3 Å². The van der Waals surface area contributed by atoms with E-state index in [9.17, 15) is 4.79 Å². The average molecular weight is 432 g/mol. The molecule has 0 saturated carbocycles. The van der Waals surface area contributed by atoms with Gasteiger partial charge in [-0.2, -0.15) is 0 Å². The average Bonchev–Trinajstić information content (AvgIpc) is 3.12. The summed E-state index contributed by atoms with van der Waals surface area (Å²) in [6.07, 6.45) is 1.000. The molecule has 0 saturated heterocycles. The lowest BCUT2D eigenvalue weighted by molar-refractivity contribution is -0.113. The summed E-state index contributed by atoms with van der Waals surface area (Å²) < 4.78 is 0.908. The number of hydrogen-bond acceptors (Lipinski definition) is 5. The maximum atomic E-state index is 12.1. The number of carbonyl (C=O) groups excluding carboxylic acids is 1. The van der Waals surface area contributed by atoms with Crippen LogP contribution < -0.4 is 5.32 Å². The predicted octanol–water partition coefficient (Wildman–Crippen LogP) is 4.23. The van der Waals surface area contributed by atoms with Crippen LogP contribution in [-0.4, -0.2) is 31.8 Å². The summed E-state index contributed by atoms with van der Waals surface area (Å²) in [4.78, 5) is 19.5. The van der Waals surface area contributed by atoms with Gasteiger partial charge in [-0.1, -0.05) is 43.0 Å². The molecule has 8 heteroatoms. The fraction of sp³-hybridized carbons (Fsp3) is 0.222. The normalized spacial score (nSPS) is 10.7. The van der Waals surface area contributed by atoms with Gasteiger partial charge in [0.15, 0.2) is 11.0 Å². The number of thioether (sulfide) groups is 1. The molecule has 0 aliphatic carbocycles. The number of amides is 1. The molecular formula is C18H18BrN5OS. The summed E-state index contributed by atoms with van der Waals surface area (Å²) in [5, 5.41) is 11.6. The molecule has 3 aromatic rings. The van der Waals surface area contributed by atoms with E-state index < -0.39 is 0 Å². The number of hydrogen-bond donors (Lipinski definition) is 2. The van der Waals surface area contributed by atoms with Crippen LogP contribution in [-0.2, 0) is 11.2 Å². The number of aromatic amines is 1. The minimum Gasteiger partial charge on any atom is -0.316 e. The third-order valence-corrected chi connectivity index (χ3v) is 5.43. The van der Waals surface area contributed by atoms with Crippen molar-refractivity contribution in [2.24, 2.45) is 0 Å². The molecule has 0 radical (unpaired) electrons. The second-order valence-electron chi connectivity index (χ2n) is 5.63. The first-order valence-corrected chi connectivity index (χ1v) is 9.91. The van der Waals surface area contributed by atoms with Crippen molar-refractivity contribution >= 4 is 39.4 Å². The molecule has 6 nitrogen and oxygen atoms in total. The van der Waals surface area contributed by atoms with Gasteiger partial charge in [-0.25, -0.2) is 4.98 Å². The number of nitrogens with zero attached hydrogens (tertiary/aromatic N) is 3. The quantitative estimate of drug-likeness (QED) is 0.570. The van der Waals surface area contributed by atoms with E-state index in [0.29, 0.717) is 16.8 Å². The zero-order chi connectivity index (χ0) is 18.5. The number of carbonyl (C=O) groups is 1. The van der Waals surface area contributed by atoms with E-state index in [-0.39, 0.29) is 11.7 Å². The topological polar surface area (TPSA) is 83.6 Å². The van der Waals surface area contributed by atoms with Crippen molar-refractivity contribution in [3.63, 3.8) is 0 Å². The summed E-state index contributed by atoms with van der Waals surface area (Å²) in [5.74, 6) is 1.31.